The number of benzene rings is 10. The molecular formula is C63H45N. The van der Waals surface area contributed by atoms with Crippen LogP contribution in [0.1, 0.15) is 25.0 Å². The van der Waals surface area contributed by atoms with E-state index in [-0.39, 0.29) is 5.41 Å². The zero-order chi connectivity index (χ0) is 42.8. The Labute approximate surface area is 374 Å². The molecule has 0 spiro atoms. The van der Waals surface area contributed by atoms with Crippen LogP contribution >= 0.6 is 0 Å². The number of rotatable bonds is 5. The van der Waals surface area contributed by atoms with Crippen molar-refractivity contribution in [3.8, 4) is 33.4 Å². The van der Waals surface area contributed by atoms with Gasteiger partial charge in [-0.25, -0.2) is 0 Å². The standard InChI is InChI=1S/C63H45N/c1-63(2)59-33-16-14-29-55(59)56-40-39-45(41-60(56)63)64(61-34-17-15-21-46(61)42-19-4-3-5-20-42)44-37-35-43(36-38-44)47-31-18-32-58-54-27-11-10-26-52(54)50-23-7-6-22-48(50)49-24-8-9-25-51(49)53-28-12-13-30-57(53)62(47)58/h3-41H,1-2H3. The van der Waals surface area contributed by atoms with Crippen LogP contribution in [0.2, 0.25) is 0 Å². The van der Waals surface area contributed by atoms with E-state index in [1.165, 1.54) is 98.4 Å². The fraction of sp³-hybridized carbons (Fsp3) is 0.0476. The third-order valence-electron chi connectivity index (χ3n) is 13.7. The fourth-order valence-corrected chi connectivity index (χ4v) is 10.7. The van der Waals surface area contributed by atoms with Gasteiger partial charge < -0.3 is 4.90 Å². The smallest absolute Gasteiger partial charge is 0.0540 e. The molecule has 0 amide bonds. The normalized spacial score (nSPS) is 12.7. The van der Waals surface area contributed by atoms with E-state index in [1.807, 2.05) is 0 Å². The van der Waals surface area contributed by atoms with Crippen LogP contribution in [0.4, 0.5) is 17.1 Å². The van der Waals surface area contributed by atoms with E-state index in [0.717, 1.165) is 17.1 Å². The highest BCUT2D eigenvalue weighted by atomic mass is 15.1. The number of nitrogens with zero attached hydrogens (tertiary/aromatic N) is 1. The van der Waals surface area contributed by atoms with Crippen molar-refractivity contribution in [3.05, 3.63) is 248 Å². The molecule has 0 radical (unpaired) electrons. The highest BCUT2D eigenvalue weighted by Gasteiger charge is 2.36. The summed E-state index contributed by atoms with van der Waals surface area (Å²) in [6.07, 6.45) is 0. The molecular weight excluding hydrogens is 771 g/mol. The Bertz CT molecular complexity index is 3610. The Morgan fingerprint density at radius 3 is 1.28 bits per heavy atom. The van der Waals surface area contributed by atoms with E-state index in [1.54, 1.807) is 0 Å². The summed E-state index contributed by atoms with van der Waals surface area (Å²) in [4.78, 5) is 2.45. The van der Waals surface area contributed by atoms with Crippen molar-refractivity contribution in [2.45, 2.75) is 19.3 Å². The molecule has 0 bridgehead atoms. The van der Waals surface area contributed by atoms with Gasteiger partial charge in [0.1, 0.15) is 0 Å². The van der Waals surface area contributed by atoms with E-state index in [2.05, 4.69) is 255 Å². The van der Waals surface area contributed by atoms with Gasteiger partial charge in [-0.15, -0.1) is 0 Å². The lowest BCUT2D eigenvalue weighted by Crippen LogP contribution is -2.16. The number of hydrogen-bond acceptors (Lipinski definition) is 1. The molecule has 0 unspecified atom stereocenters. The van der Waals surface area contributed by atoms with E-state index in [0.29, 0.717) is 0 Å². The van der Waals surface area contributed by atoms with Gasteiger partial charge in [-0.2, -0.15) is 0 Å². The van der Waals surface area contributed by atoms with Crippen molar-refractivity contribution in [1.82, 2.24) is 0 Å². The predicted molar refractivity (Wildman–Crippen MR) is 275 cm³/mol. The molecule has 0 fully saturated rings. The van der Waals surface area contributed by atoms with Crippen molar-refractivity contribution in [2.75, 3.05) is 4.90 Å². The maximum atomic E-state index is 2.45. The summed E-state index contributed by atoms with van der Waals surface area (Å²) in [5, 5.41) is 12.3. The third kappa shape index (κ3) is 6.00. The van der Waals surface area contributed by atoms with E-state index in [9.17, 15) is 0 Å². The van der Waals surface area contributed by atoms with Crippen LogP contribution in [0.3, 0.4) is 0 Å². The number of anilines is 3. The lowest BCUT2D eigenvalue weighted by atomic mass is 9.82. The molecule has 1 aliphatic rings. The van der Waals surface area contributed by atoms with Gasteiger partial charge in [0.15, 0.2) is 0 Å². The summed E-state index contributed by atoms with van der Waals surface area (Å²) < 4.78 is 0. The second-order valence-electron chi connectivity index (χ2n) is 17.6. The third-order valence-corrected chi connectivity index (χ3v) is 13.7. The van der Waals surface area contributed by atoms with Gasteiger partial charge in [0, 0.05) is 22.4 Å². The molecule has 1 aliphatic carbocycles. The molecule has 0 aliphatic heterocycles. The largest absolute Gasteiger partial charge is 0.310 e. The molecule has 0 aromatic heterocycles. The van der Waals surface area contributed by atoms with Crippen LogP contribution in [0.5, 0.6) is 0 Å². The summed E-state index contributed by atoms with van der Waals surface area (Å²) in [6.45, 7) is 4.72. The zero-order valence-electron chi connectivity index (χ0n) is 36.0. The first-order valence-corrected chi connectivity index (χ1v) is 22.3. The first kappa shape index (κ1) is 37.7. The van der Waals surface area contributed by atoms with Gasteiger partial charge in [-0.3, -0.25) is 0 Å². The highest BCUT2D eigenvalue weighted by Crippen LogP contribution is 2.51. The van der Waals surface area contributed by atoms with Crippen molar-refractivity contribution < 1.29 is 0 Å². The summed E-state index contributed by atoms with van der Waals surface area (Å²) in [5.74, 6) is 0. The first-order valence-electron chi connectivity index (χ1n) is 22.3. The Kier molecular flexibility index (Phi) is 8.91. The van der Waals surface area contributed by atoms with Gasteiger partial charge in [-0.05, 0) is 123 Å². The van der Waals surface area contributed by atoms with Crippen LogP contribution in [-0.2, 0) is 5.41 Å². The summed E-state index contributed by atoms with van der Waals surface area (Å²) >= 11 is 0. The monoisotopic (exact) mass is 815 g/mol. The van der Waals surface area contributed by atoms with E-state index in [4.69, 9.17) is 0 Å². The molecule has 302 valence electrons. The quantitative estimate of drug-likeness (QED) is 0.167. The lowest BCUT2D eigenvalue weighted by Gasteiger charge is -2.30. The SMILES string of the molecule is CC1(C)c2ccccc2-c2ccc(N(c3ccc(-c4cccc5c6ccccc6c6ccccc6c6ccccc6c6ccccc6c45)cc3)c3ccccc3-c3ccccc3)cc21. The van der Waals surface area contributed by atoms with E-state index >= 15 is 0 Å². The number of fused-ring (bicyclic) bond motifs is 13. The van der Waals surface area contributed by atoms with Gasteiger partial charge in [0.05, 0.1) is 5.69 Å². The number of hydrogen-bond donors (Lipinski definition) is 0. The maximum Gasteiger partial charge on any atom is 0.0540 e. The zero-order valence-corrected chi connectivity index (χ0v) is 36.0. The minimum atomic E-state index is -0.129. The molecule has 0 saturated heterocycles. The maximum absolute atomic E-state index is 2.45. The Balaban J connectivity index is 1.11. The van der Waals surface area contributed by atoms with Crippen molar-refractivity contribution in [1.29, 1.82) is 0 Å². The Hall–Kier alpha value is -8.00. The molecule has 11 aromatic rings. The Morgan fingerprint density at radius 2 is 0.688 bits per heavy atom. The van der Waals surface area contributed by atoms with Gasteiger partial charge in [-0.1, -0.05) is 220 Å². The number of para-hydroxylation sites is 1. The summed E-state index contributed by atoms with van der Waals surface area (Å²) in [5.41, 5.74) is 13.4. The van der Waals surface area contributed by atoms with Crippen LogP contribution < -0.4 is 4.90 Å². The minimum Gasteiger partial charge on any atom is -0.310 e. The van der Waals surface area contributed by atoms with Crippen LogP contribution in [0.25, 0.3) is 87.2 Å². The molecule has 64 heavy (non-hydrogen) atoms. The summed E-state index contributed by atoms with van der Waals surface area (Å²) in [7, 11) is 0. The Morgan fingerprint density at radius 1 is 0.281 bits per heavy atom. The second kappa shape index (κ2) is 15.1. The topological polar surface area (TPSA) is 3.24 Å². The van der Waals surface area contributed by atoms with Crippen molar-refractivity contribution in [3.63, 3.8) is 0 Å². The van der Waals surface area contributed by atoms with Crippen molar-refractivity contribution in [2.24, 2.45) is 0 Å². The van der Waals surface area contributed by atoms with E-state index < -0.39 is 0 Å². The minimum absolute atomic E-state index is 0.129. The molecule has 0 heterocycles. The molecule has 0 N–H and O–H groups in total. The van der Waals surface area contributed by atoms with Crippen LogP contribution in [0, 0.1) is 0 Å². The van der Waals surface area contributed by atoms with Crippen LogP contribution in [0.15, 0.2) is 237 Å². The highest BCUT2D eigenvalue weighted by molar-refractivity contribution is 6.28. The van der Waals surface area contributed by atoms with Crippen LogP contribution in [-0.4, -0.2) is 0 Å². The lowest BCUT2D eigenvalue weighted by molar-refractivity contribution is 0.660. The van der Waals surface area contributed by atoms with Gasteiger partial charge in [0.25, 0.3) is 0 Å². The second-order valence-corrected chi connectivity index (χ2v) is 17.6. The average Bonchev–Trinajstić information content (AvgIpc) is 3.59. The summed E-state index contributed by atoms with van der Waals surface area (Å²) in [6, 6.07) is 87.4. The first-order chi connectivity index (χ1) is 31.5. The van der Waals surface area contributed by atoms with Crippen molar-refractivity contribution >= 4 is 70.9 Å². The predicted octanol–water partition coefficient (Wildman–Crippen LogP) is 17.7. The fourth-order valence-electron chi connectivity index (χ4n) is 10.7. The van der Waals surface area contributed by atoms with Gasteiger partial charge in [0.2, 0.25) is 0 Å². The molecule has 12 rings (SSSR count). The van der Waals surface area contributed by atoms with Gasteiger partial charge >= 0.3 is 0 Å². The molecule has 0 atom stereocenters. The molecule has 1 heteroatoms. The molecule has 11 aromatic carbocycles. The molecule has 1 nitrogen and oxygen atoms in total. The average molecular weight is 816 g/mol. The molecule has 0 saturated carbocycles.